The molecular weight excluding hydrogens is 316 g/mol. The maximum absolute atomic E-state index is 11.1. The van der Waals surface area contributed by atoms with Crippen molar-refractivity contribution >= 4 is 17.7 Å². The van der Waals surface area contributed by atoms with Gasteiger partial charge in [-0.05, 0) is 96.1 Å². The number of carbonyl (C=O) groups excluding carboxylic acids is 1. The maximum Gasteiger partial charge on any atom is 0.385 e. The van der Waals surface area contributed by atoms with Gasteiger partial charge in [0.05, 0.1) is 0 Å². The average Bonchev–Trinajstić information content (AvgIpc) is 2.58. The summed E-state index contributed by atoms with van der Waals surface area (Å²) in [5.41, 5.74) is 0. The molecule has 0 spiro atoms. The van der Waals surface area contributed by atoms with Gasteiger partial charge in [0.1, 0.15) is 6.61 Å². The summed E-state index contributed by atoms with van der Waals surface area (Å²) in [6.45, 7) is 2.03. The standard InChI is InChI=1S/C21H10O2S/c1-3-4-5-6-7-8-9-10-11-12-13-14-15-16-17-18-21(22)23-19-20-24-2/h19-20H2,1-2H3. The molecule has 0 aromatic heterocycles. The number of carbonyl (C=O) groups is 1. The molecule has 0 fully saturated rings. The van der Waals surface area contributed by atoms with Crippen molar-refractivity contribution in [1.82, 2.24) is 0 Å². The van der Waals surface area contributed by atoms with Crippen molar-refractivity contribution in [2.45, 2.75) is 6.92 Å². The number of ether oxygens (including phenoxy) is 1. The molecule has 0 unspecified atom stereocenters. The molecule has 0 heterocycles. The first kappa shape index (κ1) is 20.3. The van der Waals surface area contributed by atoms with Gasteiger partial charge < -0.3 is 4.74 Å². The van der Waals surface area contributed by atoms with Crippen LogP contribution in [0.15, 0.2) is 0 Å². The Morgan fingerprint density at radius 1 is 0.750 bits per heavy atom. The van der Waals surface area contributed by atoms with Crippen molar-refractivity contribution in [1.29, 1.82) is 0 Å². The van der Waals surface area contributed by atoms with Crippen LogP contribution in [-0.4, -0.2) is 24.6 Å². The molecular formula is C21H10O2S. The van der Waals surface area contributed by atoms with Crippen molar-refractivity contribution in [3.8, 4) is 94.7 Å². The Kier molecular flexibility index (Phi) is 14.7. The normalized spacial score (nSPS) is 5.58. The van der Waals surface area contributed by atoms with Crippen LogP contribution in [0.4, 0.5) is 0 Å². The fourth-order valence-corrected chi connectivity index (χ4v) is 1.02. The van der Waals surface area contributed by atoms with Crippen LogP contribution in [0.1, 0.15) is 6.92 Å². The number of esters is 1. The first-order valence-electron chi connectivity index (χ1n) is 6.39. The van der Waals surface area contributed by atoms with Crippen LogP contribution in [0.5, 0.6) is 0 Å². The Morgan fingerprint density at radius 2 is 1.17 bits per heavy atom. The van der Waals surface area contributed by atoms with E-state index >= 15 is 0 Å². The second-order valence-corrected chi connectivity index (χ2v) is 4.24. The minimum atomic E-state index is -0.603. The van der Waals surface area contributed by atoms with Crippen molar-refractivity contribution in [3.05, 3.63) is 0 Å². The molecule has 3 heteroatoms. The van der Waals surface area contributed by atoms with Crippen LogP contribution in [0, 0.1) is 94.7 Å². The summed E-state index contributed by atoms with van der Waals surface area (Å²) in [5, 5.41) is 0. The topological polar surface area (TPSA) is 26.3 Å². The molecule has 0 aromatic rings. The zero-order valence-electron chi connectivity index (χ0n) is 13.1. The van der Waals surface area contributed by atoms with E-state index in [2.05, 4.69) is 94.7 Å². The van der Waals surface area contributed by atoms with Gasteiger partial charge in [0.2, 0.25) is 0 Å². The Morgan fingerprint density at radius 3 is 1.58 bits per heavy atom. The predicted molar refractivity (Wildman–Crippen MR) is 97.2 cm³/mol. The smallest absolute Gasteiger partial charge is 0.385 e. The summed E-state index contributed by atoms with van der Waals surface area (Å²) in [6.07, 6.45) is 1.92. The zero-order valence-corrected chi connectivity index (χ0v) is 14.0. The number of thioether (sulfide) groups is 1. The highest BCUT2D eigenvalue weighted by atomic mass is 32.2. The molecule has 0 aromatic carbocycles. The largest absolute Gasteiger partial charge is 0.455 e. The maximum atomic E-state index is 11.1. The zero-order chi connectivity index (χ0) is 17.7. The third-order valence-corrected chi connectivity index (χ3v) is 2.20. The lowest BCUT2D eigenvalue weighted by Crippen LogP contribution is -2.04. The highest BCUT2D eigenvalue weighted by Gasteiger charge is 1.93. The molecule has 0 aliphatic rings. The van der Waals surface area contributed by atoms with E-state index in [1.807, 2.05) is 6.26 Å². The highest BCUT2D eigenvalue weighted by Crippen LogP contribution is 1.90. The molecule has 24 heavy (non-hydrogen) atoms. The average molecular weight is 326 g/mol. The molecule has 0 atom stereocenters. The van der Waals surface area contributed by atoms with E-state index in [0.29, 0.717) is 6.61 Å². The van der Waals surface area contributed by atoms with Crippen molar-refractivity contribution in [2.75, 3.05) is 18.6 Å². The van der Waals surface area contributed by atoms with Crippen LogP contribution in [0.3, 0.4) is 0 Å². The lowest BCUT2D eigenvalue weighted by atomic mass is 10.5. The minimum absolute atomic E-state index is 0.336. The van der Waals surface area contributed by atoms with Crippen molar-refractivity contribution in [3.63, 3.8) is 0 Å². The number of hydrogen-bond donors (Lipinski definition) is 0. The van der Waals surface area contributed by atoms with Gasteiger partial charge in [-0.25, -0.2) is 4.79 Å². The number of rotatable bonds is 3. The SMILES string of the molecule is CC#CC#CC#CC#CC#CC#CC#CC#CC(=O)OCCSC. The lowest BCUT2D eigenvalue weighted by Gasteiger charge is -1.95. The summed E-state index contributed by atoms with van der Waals surface area (Å²) < 4.78 is 4.80. The summed E-state index contributed by atoms with van der Waals surface area (Å²) in [6, 6.07) is 0. The van der Waals surface area contributed by atoms with Crippen LogP contribution >= 0.6 is 11.8 Å². The Hall–Kier alpha value is -3.70. The fourth-order valence-electron chi connectivity index (χ4n) is 0.774. The van der Waals surface area contributed by atoms with Gasteiger partial charge in [0.15, 0.2) is 0 Å². The van der Waals surface area contributed by atoms with E-state index < -0.39 is 5.97 Å². The molecule has 0 radical (unpaired) electrons. The van der Waals surface area contributed by atoms with Gasteiger partial charge in [-0.3, -0.25) is 0 Å². The third kappa shape index (κ3) is 16.4. The molecule has 0 bridgehead atoms. The van der Waals surface area contributed by atoms with E-state index in [9.17, 15) is 4.79 Å². The van der Waals surface area contributed by atoms with Gasteiger partial charge in [-0.15, -0.1) is 0 Å². The fraction of sp³-hybridized carbons (Fsp3) is 0.190. The van der Waals surface area contributed by atoms with E-state index in [1.165, 1.54) is 0 Å². The molecule has 2 nitrogen and oxygen atoms in total. The van der Waals surface area contributed by atoms with Gasteiger partial charge in [0.25, 0.3) is 0 Å². The van der Waals surface area contributed by atoms with E-state index in [0.717, 1.165) is 5.75 Å². The number of hydrogen-bond acceptors (Lipinski definition) is 3. The van der Waals surface area contributed by atoms with E-state index in [4.69, 9.17) is 4.74 Å². The summed E-state index contributed by atoms with van der Waals surface area (Å²) in [4.78, 5) is 11.1. The predicted octanol–water partition coefficient (Wildman–Crippen LogP) is 0.940. The van der Waals surface area contributed by atoms with Crippen LogP contribution < -0.4 is 0 Å². The Labute approximate surface area is 147 Å². The van der Waals surface area contributed by atoms with Crippen molar-refractivity contribution < 1.29 is 9.53 Å². The van der Waals surface area contributed by atoms with Gasteiger partial charge in [0, 0.05) is 11.7 Å². The molecule has 0 N–H and O–H groups in total. The third-order valence-electron chi connectivity index (χ3n) is 1.62. The van der Waals surface area contributed by atoms with E-state index in [1.54, 1.807) is 18.7 Å². The molecule has 0 aliphatic heterocycles. The van der Waals surface area contributed by atoms with Crippen LogP contribution in [0.2, 0.25) is 0 Å². The quantitative estimate of drug-likeness (QED) is 0.334. The van der Waals surface area contributed by atoms with Gasteiger partial charge >= 0.3 is 5.97 Å². The lowest BCUT2D eigenvalue weighted by molar-refractivity contribution is -0.136. The van der Waals surface area contributed by atoms with Crippen LogP contribution in [0.25, 0.3) is 0 Å². The molecule has 0 amide bonds. The highest BCUT2D eigenvalue weighted by molar-refractivity contribution is 7.98. The summed E-state index contributed by atoms with van der Waals surface area (Å²) in [5.74, 6) is 39.6. The molecule has 112 valence electrons. The minimum Gasteiger partial charge on any atom is -0.455 e. The summed E-state index contributed by atoms with van der Waals surface area (Å²) >= 11 is 1.58. The first-order chi connectivity index (χ1) is 11.8. The molecule has 0 rings (SSSR count). The Bertz CT molecular complexity index is 940. The molecule has 0 aliphatic carbocycles. The summed E-state index contributed by atoms with van der Waals surface area (Å²) in [7, 11) is 0. The Balaban J connectivity index is 4.27. The van der Waals surface area contributed by atoms with Gasteiger partial charge in [-0.1, -0.05) is 5.92 Å². The first-order valence-corrected chi connectivity index (χ1v) is 7.79. The molecule has 0 saturated carbocycles. The van der Waals surface area contributed by atoms with Crippen LogP contribution in [-0.2, 0) is 9.53 Å². The monoisotopic (exact) mass is 326 g/mol. The van der Waals surface area contributed by atoms with Crippen molar-refractivity contribution in [2.24, 2.45) is 0 Å². The second kappa shape index (κ2) is 17.4. The second-order valence-electron chi connectivity index (χ2n) is 3.25. The van der Waals surface area contributed by atoms with Gasteiger partial charge in [-0.2, -0.15) is 11.8 Å². The molecule has 0 saturated heterocycles. The van der Waals surface area contributed by atoms with E-state index in [-0.39, 0.29) is 0 Å².